The van der Waals surface area contributed by atoms with E-state index in [9.17, 15) is 15.2 Å². The molecule has 1 aliphatic rings. The number of fused-ring (bicyclic) bond motifs is 1. The number of ether oxygens (including phenoxy) is 1. The Kier molecular flexibility index (Phi) is 4.61. The van der Waals surface area contributed by atoms with E-state index in [0.717, 1.165) is 16.7 Å². The standard InChI is InChI=1S/C19H18N2O3/c1-24-19(23)13-8-6-12(7-9-13)16(11-20)21-18-15-5-3-2-4-14(15)10-17(18)22/h2-9,16-18,21-22H,10H2,1H3/t16-,17-,18+/m1/s1. The highest BCUT2D eigenvalue weighted by atomic mass is 16.5. The summed E-state index contributed by atoms with van der Waals surface area (Å²) in [5, 5.41) is 23.1. The summed E-state index contributed by atoms with van der Waals surface area (Å²) in [5.41, 5.74) is 3.29. The van der Waals surface area contributed by atoms with Crippen molar-refractivity contribution in [2.24, 2.45) is 0 Å². The third-order valence-corrected chi connectivity index (χ3v) is 4.34. The van der Waals surface area contributed by atoms with Crippen molar-refractivity contribution in [3.05, 3.63) is 70.8 Å². The van der Waals surface area contributed by atoms with Gasteiger partial charge in [-0.05, 0) is 28.8 Å². The second-order valence-corrected chi connectivity index (χ2v) is 5.79. The first-order valence-electron chi connectivity index (χ1n) is 7.74. The third kappa shape index (κ3) is 3.02. The van der Waals surface area contributed by atoms with E-state index in [1.807, 2.05) is 24.3 Å². The molecule has 24 heavy (non-hydrogen) atoms. The largest absolute Gasteiger partial charge is 0.465 e. The lowest BCUT2D eigenvalue weighted by Gasteiger charge is -2.22. The monoisotopic (exact) mass is 322 g/mol. The Labute approximate surface area is 140 Å². The summed E-state index contributed by atoms with van der Waals surface area (Å²) in [6.45, 7) is 0. The van der Waals surface area contributed by atoms with Crippen molar-refractivity contribution >= 4 is 5.97 Å². The number of carbonyl (C=O) groups is 1. The maximum atomic E-state index is 11.5. The number of rotatable bonds is 4. The van der Waals surface area contributed by atoms with Crippen LogP contribution in [0.3, 0.4) is 0 Å². The highest BCUT2D eigenvalue weighted by Gasteiger charge is 2.32. The quantitative estimate of drug-likeness (QED) is 0.844. The number of hydrogen-bond acceptors (Lipinski definition) is 5. The lowest BCUT2D eigenvalue weighted by atomic mass is 10.0. The minimum absolute atomic E-state index is 0.286. The van der Waals surface area contributed by atoms with E-state index >= 15 is 0 Å². The molecule has 0 aliphatic heterocycles. The SMILES string of the molecule is COC(=O)c1ccc([C@@H](C#N)N[C@H]2c3ccccc3C[C@H]2O)cc1. The molecule has 122 valence electrons. The summed E-state index contributed by atoms with van der Waals surface area (Å²) < 4.78 is 4.67. The molecule has 1 aliphatic carbocycles. The fraction of sp³-hybridized carbons (Fsp3) is 0.263. The molecule has 5 nitrogen and oxygen atoms in total. The van der Waals surface area contributed by atoms with Crippen LogP contribution in [0.1, 0.15) is 39.1 Å². The Hall–Kier alpha value is -2.68. The van der Waals surface area contributed by atoms with Gasteiger partial charge in [-0.2, -0.15) is 5.26 Å². The highest BCUT2D eigenvalue weighted by molar-refractivity contribution is 5.89. The zero-order valence-electron chi connectivity index (χ0n) is 13.3. The normalized spacial score (nSPS) is 20.0. The number of carbonyl (C=O) groups excluding carboxylic acids is 1. The number of nitriles is 1. The molecule has 0 saturated heterocycles. The molecule has 3 rings (SSSR count). The molecule has 3 atom stereocenters. The van der Waals surface area contributed by atoms with Crippen LogP contribution in [0, 0.1) is 11.3 Å². The van der Waals surface area contributed by atoms with Crippen LogP contribution in [-0.2, 0) is 11.2 Å². The van der Waals surface area contributed by atoms with Crippen LogP contribution < -0.4 is 5.32 Å². The smallest absolute Gasteiger partial charge is 0.337 e. The fourth-order valence-electron chi connectivity index (χ4n) is 3.09. The molecule has 2 N–H and O–H groups in total. The summed E-state index contributed by atoms with van der Waals surface area (Å²) >= 11 is 0. The predicted octanol–water partition coefficient (Wildman–Crippen LogP) is 2.29. The van der Waals surface area contributed by atoms with Crippen LogP contribution in [0.5, 0.6) is 0 Å². The van der Waals surface area contributed by atoms with E-state index in [1.54, 1.807) is 24.3 Å². The molecule has 0 amide bonds. The molecule has 2 aromatic carbocycles. The Morgan fingerprint density at radius 2 is 2.00 bits per heavy atom. The second kappa shape index (κ2) is 6.83. The first-order valence-corrected chi connectivity index (χ1v) is 7.74. The topological polar surface area (TPSA) is 82.4 Å². The van der Waals surface area contributed by atoms with Crippen molar-refractivity contribution in [3.63, 3.8) is 0 Å². The van der Waals surface area contributed by atoms with Gasteiger partial charge in [-0.15, -0.1) is 0 Å². The summed E-state index contributed by atoms with van der Waals surface area (Å²) in [4.78, 5) is 11.5. The zero-order valence-corrected chi connectivity index (χ0v) is 13.3. The van der Waals surface area contributed by atoms with Crippen molar-refractivity contribution in [1.29, 1.82) is 5.26 Å². The molecule has 2 aromatic rings. The first-order chi connectivity index (χ1) is 11.6. The van der Waals surface area contributed by atoms with Gasteiger partial charge in [-0.1, -0.05) is 36.4 Å². The Morgan fingerprint density at radius 3 is 2.67 bits per heavy atom. The maximum absolute atomic E-state index is 11.5. The molecule has 0 saturated carbocycles. The minimum Gasteiger partial charge on any atom is -0.465 e. The lowest BCUT2D eigenvalue weighted by molar-refractivity contribution is 0.0600. The number of aliphatic hydroxyl groups excluding tert-OH is 1. The average Bonchev–Trinajstić information content (AvgIpc) is 2.94. The van der Waals surface area contributed by atoms with Gasteiger partial charge in [0.25, 0.3) is 0 Å². The molecular formula is C19H18N2O3. The molecule has 0 fully saturated rings. The third-order valence-electron chi connectivity index (χ3n) is 4.34. The van der Waals surface area contributed by atoms with Gasteiger partial charge < -0.3 is 9.84 Å². The van der Waals surface area contributed by atoms with Gasteiger partial charge in [0.1, 0.15) is 6.04 Å². The number of methoxy groups -OCH3 is 1. The summed E-state index contributed by atoms with van der Waals surface area (Å²) in [6, 6.07) is 15.9. The van der Waals surface area contributed by atoms with E-state index in [2.05, 4.69) is 16.1 Å². The van der Waals surface area contributed by atoms with Gasteiger partial charge in [0, 0.05) is 6.42 Å². The minimum atomic E-state index is -0.581. The molecule has 0 aromatic heterocycles. The van der Waals surface area contributed by atoms with E-state index in [-0.39, 0.29) is 6.04 Å². The molecule has 0 heterocycles. The van der Waals surface area contributed by atoms with Crippen molar-refractivity contribution in [2.45, 2.75) is 24.6 Å². The first kappa shape index (κ1) is 16.2. The molecule has 5 heteroatoms. The Balaban J connectivity index is 1.81. The van der Waals surface area contributed by atoms with E-state index in [0.29, 0.717) is 12.0 Å². The number of aliphatic hydroxyl groups is 1. The van der Waals surface area contributed by atoms with E-state index in [1.165, 1.54) is 7.11 Å². The second-order valence-electron chi connectivity index (χ2n) is 5.79. The number of hydrogen-bond donors (Lipinski definition) is 2. The van der Waals surface area contributed by atoms with Crippen molar-refractivity contribution in [3.8, 4) is 6.07 Å². The van der Waals surface area contributed by atoms with Crippen LogP contribution in [0.15, 0.2) is 48.5 Å². The zero-order chi connectivity index (χ0) is 17.1. The van der Waals surface area contributed by atoms with E-state index < -0.39 is 18.1 Å². The fourth-order valence-corrected chi connectivity index (χ4v) is 3.09. The average molecular weight is 322 g/mol. The number of nitrogens with zero attached hydrogens (tertiary/aromatic N) is 1. The van der Waals surface area contributed by atoms with Crippen LogP contribution in [0.2, 0.25) is 0 Å². The highest BCUT2D eigenvalue weighted by Crippen LogP contribution is 2.33. The summed E-state index contributed by atoms with van der Waals surface area (Å²) in [6.07, 6.45) is 0.0142. The van der Waals surface area contributed by atoms with E-state index in [4.69, 9.17) is 0 Å². The predicted molar refractivity (Wildman–Crippen MR) is 88.2 cm³/mol. The molecule has 0 radical (unpaired) electrons. The van der Waals surface area contributed by atoms with Gasteiger partial charge in [-0.3, -0.25) is 5.32 Å². The number of benzene rings is 2. The maximum Gasteiger partial charge on any atom is 0.337 e. The Morgan fingerprint density at radius 1 is 1.29 bits per heavy atom. The van der Waals surface area contributed by atoms with Gasteiger partial charge in [-0.25, -0.2) is 4.79 Å². The Bertz CT molecular complexity index is 780. The van der Waals surface area contributed by atoms with Crippen LogP contribution in [0.25, 0.3) is 0 Å². The number of nitrogens with one attached hydrogen (secondary N) is 1. The van der Waals surface area contributed by atoms with Crippen LogP contribution in [0.4, 0.5) is 0 Å². The van der Waals surface area contributed by atoms with Crippen LogP contribution in [-0.4, -0.2) is 24.3 Å². The van der Waals surface area contributed by atoms with Gasteiger partial charge in [0.15, 0.2) is 0 Å². The molecule has 0 spiro atoms. The molecule has 0 bridgehead atoms. The lowest BCUT2D eigenvalue weighted by Crippen LogP contribution is -2.31. The van der Waals surface area contributed by atoms with Crippen molar-refractivity contribution < 1.29 is 14.6 Å². The number of esters is 1. The van der Waals surface area contributed by atoms with Crippen molar-refractivity contribution in [1.82, 2.24) is 5.32 Å². The van der Waals surface area contributed by atoms with Crippen molar-refractivity contribution in [2.75, 3.05) is 7.11 Å². The van der Waals surface area contributed by atoms with Gasteiger partial charge >= 0.3 is 5.97 Å². The summed E-state index contributed by atoms with van der Waals surface area (Å²) in [7, 11) is 1.33. The summed E-state index contributed by atoms with van der Waals surface area (Å²) in [5.74, 6) is -0.414. The van der Waals surface area contributed by atoms with Gasteiger partial charge in [0.05, 0.1) is 30.9 Å². The van der Waals surface area contributed by atoms with Gasteiger partial charge in [0.2, 0.25) is 0 Å². The molecule has 0 unspecified atom stereocenters. The molecular weight excluding hydrogens is 304 g/mol. The van der Waals surface area contributed by atoms with Crippen LogP contribution >= 0.6 is 0 Å².